The van der Waals surface area contributed by atoms with Gasteiger partial charge in [-0.2, -0.15) is 0 Å². The first-order chi connectivity index (χ1) is 6.52. The normalized spacial score (nSPS) is 30.4. The van der Waals surface area contributed by atoms with E-state index in [9.17, 15) is 0 Å². The standard InChI is InChI=1S/C14H28/c1-10(2)11(3)7-6-8-12(4)14-9-13(14)5/h10-14H,6-9H2,1-5H3. The molecule has 1 saturated carbocycles. The summed E-state index contributed by atoms with van der Waals surface area (Å²) in [5.41, 5.74) is 0. The van der Waals surface area contributed by atoms with Crippen LogP contribution in [0, 0.1) is 29.6 Å². The first kappa shape index (κ1) is 12.1. The summed E-state index contributed by atoms with van der Waals surface area (Å²) in [5.74, 6) is 4.88. The van der Waals surface area contributed by atoms with Crippen molar-refractivity contribution in [3.63, 3.8) is 0 Å². The third-order valence-electron chi connectivity index (χ3n) is 4.36. The lowest BCUT2D eigenvalue weighted by molar-refractivity contribution is 0.348. The van der Waals surface area contributed by atoms with E-state index in [4.69, 9.17) is 0 Å². The van der Waals surface area contributed by atoms with Gasteiger partial charge in [-0.1, -0.05) is 53.9 Å². The monoisotopic (exact) mass is 196 g/mol. The van der Waals surface area contributed by atoms with Crippen molar-refractivity contribution in [2.24, 2.45) is 29.6 Å². The zero-order valence-corrected chi connectivity index (χ0v) is 10.7. The Kier molecular flexibility index (Phi) is 4.47. The summed E-state index contributed by atoms with van der Waals surface area (Å²) in [7, 11) is 0. The lowest BCUT2D eigenvalue weighted by Gasteiger charge is -2.16. The zero-order valence-electron chi connectivity index (χ0n) is 10.7. The second-order valence-corrected chi connectivity index (χ2v) is 6.01. The highest BCUT2D eigenvalue weighted by Crippen LogP contribution is 2.45. The van der Waals surface area contributed by atoms with Crippen LogP contribution in [0.3, 0.4) is 0 Å². The number of hydrogen-bond donors (Lipinski definition) is 0. The highest BCUT2D eigenvalue weighted by atomic mass is 14.4. The van der Waals surface area contributed by atoms with Crippen molar-refractivity contribution >= 4 is 0 Å². The van der Waals surface area contributed by atoms with Crippen LogP contribution < -0.4 is 0 Å². The molecule has 0 amide bonds. The van der Waals surface area contributed by atoms with E-state index >= 15 is 0 Å². The minimum atomic E-state index is 0.866. The number of hydrogen-bond acceptors (Lipinski definition) is 0. The smallest absolute Gasteiger partial charge is 0.0360 e. The highest BCUT2D eigenvalue weighted by molar-refractivity contribution is 4.86. The fourth-order valence-corrected chi connectivity index (χ4v) is 2.45. The van der Waals surface area contributed by atoms with Crippen molar-refractivity contribution < 1.29 is 0 Å². The lowest BCUT2D eigenvalue weighted by atomic mass is 9.89. The molecule has 84 valence electrons. The Hall–Kier alpha value is 0. The second kappa shape index (κ2) is 5.19. The lowest BCUT2D eigenvalue weighted by Crippen LogP contribution is -2.05. The summed E-state index contributed by atoms with van der Waals surface area (Å²) in [6.45, 7) is 11.9. The van der Waals surface area contributed by atoms with E-state index in [0.717, 1.165) is 29.6 Å². The SMILES string of the molecule is CC(C)C(C)CCCC(C)C1CC1C. The quantitative estimate of drug-likeness (QED) is 0.575. The van der Waals surface area contributed by atoms with Gasteiger partial charge in [0.05, 0.1) is 0 Å². The molecule has 0 aromatic rings. The van der Waals surface area contributed by atoms with Crippen LogP contribution in [-0.2, 0) is 0 Å². The molecule has 0 bridgehead atoms. The van der Waals surface area contributed by atoms with Gasteiger partial charge in [-0.05, 0) is 36.0 Å². The summed E-state index contributed by atoms with van der Waals surface area (Å²) in [6, 6.07) is 0. The van der Waals surface area contributed by atoms with Gasteiger partial charge >= 0.3 is 0 Å². The average molecular weight is 196 g/mol. The van der Waals surface area contributed by atoms with E-state index in [0.29, 0.717) is 0 Å². The Bertz CT molecular complexity index is 159. The van der Waals surface area contributed by atoms with E-state index < -0.39 is 0 Å². The maximum Gasteiger partial charge on any atom is -0.0360 e. The van der Waals surface area contributed by atoms with Gasteiger partial charge in [0.15, 0.2) is 0 Å². The predicted molar refractivity (Wildman–Crippen MR) is 64.3 cm³/mol. The van der Waals surface area contributed by atoms with Crippen LogP contribution in [0.25, 0.3) is 0 Å². The Labute approximate surface area is 90.5 Å². The van der Waals surface area contributed by atoms with Gasteiger partial charge in [-0.25, -0.2) is 0 Å². The topological polar surface area (TPSA) is 0 Å². The average Bonchev–Trinajstić information content (AvgIpc) is 2.82. The van der Waals surface area contributed by atoms with E-state index in [1.165, 1.54) is 25.7 Å². The molecule has 0 aliphatic heterocycles. The van der Waals surface area contributed by atoms with E-state index in [1.54, 1.807) is 0 Å². The summed E-state index contributed by atoms with van der Waals surface area (Å²) in [4.78, 5) is 0. The molecule has 1 aliphatic rings. The van der Waals surface area contributed by atoms with Crippen LogP contribution >= 0.6 is 0 Å². The largest absolute Gasteiger partial charge is 0.0625 e. The molecule has 1 fully saturated rings. The molecule has 0 saturated heterocycles. The minimum Gasteiger partial charge on any atom is -0.0625 e. The van der Waals surface area contributed by atoms with Crippen molar-refractivity contribution in [2.45, 2.75) is 60.3 Å². The Morgan fingerprint density at radius 3 is 2.07 bits per heavy atom. The molecule has 0 aromatic carbocycles. The molecule has 4 unspecified atom stereocenters. The fraction of sp³-hybridized carbons (Fsp3) is 1.00. The molecular weight excluding hydrogens is 168 g/mol. The van der Waals surface area contributed by atoms with Gasteiger partial charge in [-0.3, -0.25) is 0 Å². The molecule has 1 rings (SSSR count). The van der Waals surface area contributed by atoms with Gasteiger partial charge in [0, 0.05) is 0 Å². The van der Waals surface area contributed by atoms with E-state index in [2.05, 4.69) is 34.6 Å². The Morgan fingerprint density at radius 1 is 1.07 bits per heavy atom. The zero-order chi connectivity index (χ0) is 10.7. The van der Waals surface area contributed by atoms with E-state index in [1.807, 2.05) is 0 Å². The molecule has 14 heavy (non-hydrogen) atoms. The Balaban J connectivity index is 2.03. The molecule has 0 N–H and O–H groups in total. The third kappa shape index (κ3) is 3.63. The summed E-state index contributed by atoms with van der Waals surface area (Å²) in [6.07, 6.45) is 5.85. The van der Waals surface area contributed by atoms with Crippen LogP contribution in [0.5, 0.6) is 0 Å². The first-order valence-electron chi connectivity index (χ1n) is 6.52. The van der Waals surface area contributed by atoms with Gasteiger partial charge in [-0.15, -0.1) is 0 Å². The Morgan fingerprint density at radius 2 is 1.64 bits per heavy atom. The van der Waals surface area contributed by atoms with E-state index in [-0.39, 0.29) is 0 Å². The summed E-state index contributed by atoms with van der Waals surface area (Å²) >= 11 is 0. The molecule has 0 heterocycles. The molecule has 0 heteroatoms. The fourth-order valence-electron chi connectivity index (χ4n) is 2.45. The van der Waals surface area contributed by atoms with Crippen LogP contribution in [0.1, 0.15) is 60.3 Å². The van der Waals surface area contributed by atoms with Crippen molar-refractivity contribution in [2.75, 3.05) is 0 Å². The van der Waals surface area contributed by atoms with Crippen LogP contribution in [0.2, 0.25) is 0 Å². The molecule has 0 aromatic heterocycles. The van der Waals surface area contributed by atoms with Gasteiger partial charge in [0.25, 0.3) is 0 Å². The van der Waals surface area contributed by atoms with Gasteiger partial charge in [0.1, 0.15) is 0 Å². The van der Waals surface area contributed by atoms with Gasteiger partial charge < -0.3 is 0 Å². The third-order valence-corrected chi connectivity index (χ3v) is 4.36. The number of rotatable bonds is 6. The minimum absolute atomic E-state index is 0.866. The maximum atomic E-state index is 2.45. The first-order valence-corrected chi connectivity index (χ1v) is 6.52. The highest BCUT2D eigenvalue weighted by Gasteiger charge is 2.36. The summed E-state index contributed by atoms with van der Waals surface area (Å²) < 4.78 is 0. The van der Waals surface area contributed by atoms with Crippen molar-refractivity contribution in [1.82, 2.24) is 0 Å². The summed E-state index contributed by atoms with van der Waals surface area (Å²) in [5, 5.41) is 0. The van der Waals surface area contributed by atoms with Crippen LogP contribution in [-0.4, -0.2) is 0 Å². The molecule has 0 nitrogen and oxygen atoms in total. The molecular formula is C14H28. The van der Waals surface area contributed by atoms with Gasteiger partial charge in [0.2, 0.25) is 0 Å². The second-order valence-electron chi connectivity index (χ2n) is 6.01. The maximum absolute atomic E-state index is 2.45. The van der Waals surface area contributed by atoms with Crippen LogP contribution in [0.4, 0.5) is 0 Å². The van der Waals surface area contributed by atoms with Crippen molar-refractivity contribution in [3.8, 4) is 0 Å². The predicted octanol–water partition coefficient (Wildman–Crippen LogP) is 4.74. The molecule has 1 aliphatic carbocycles. The van der Waals surface area contributed by atoms with Crippen molar-refractivity contribution in [3.05, 3.63) is 0 Å². The van der Waals surface area contributed by atoms with Crippen LogP contribution in [0.15, 0.2) is 0 Å². The molecule has 4 atom stereocenters. The molecule has 0 spiro atoms. The molecule has 0 radical (unpaired) electrons. The van der Waals surface area contributed by atoms with Crippen molar-refractivity contribution in [1.29, 1.82) is 0 Å².